The van der Waals surface area contributed by atoms with Crippen LogP contribution in [0, 0.1) is 0 Å². The van der Waals surface area contributed by atoms with Crippen molar-refractivity contribution in [2.24, 2.45) is 5.10 Å². The molecule has 6 rings (SSSR count). The Morgan fingerprint density at radius 1 is 1.00 bits per heavy atom. The van der Waals surface area contributed by atoms with Crippen LogP contribution in [-0.4, -0.2) is 34.7 Å². The maximum absolute atomic E-state index is 12.7. The number of hydrogen-bond donors (Lipinski definition) is 1. The first-order valence-electron chi connectivity index (χ1n) is 13.7. The van der Waals surface area contributed by atoms with Gasteiger partial charge >= 0.3 is 0 Å². The zero-order valence-corrected chi connectivity index (χ0v) is 21.0. The fourth-order valence-corrected chi connectivity index (χ4v) is 6.66. The number of allylic oxidation sites excluding steroid dienone is 1. The van der Waals surface area contributed by atoms with Crippen molar-refractivity contribution in [3.05, 3.63) is 77.0 Å². The fourth-order valence-electron chi connectivity index (χ4n) is 6.66. The van der Waals surface area contributed by atoms with E-state index in [4.69, 9.17) is 0 Å². The lowest BCUT2D eigenvalue weighted by Gasteiger charge is -2.39. The van der Waals surface area contributed by atoms with Crippen molar-refractivity contribution in [1.82, 2.24) is 14.9 Å². The van der Waals surface area contributed by atoms with Gasteiger partial charge in [0, 0.05) is 35.9 Å². The van der Waals surface area contributed by atoms with E-state index < -0.39 is 0 Å². The summed E-state index contributed by atoms with van der Waals surface area (Å²) < 4.78 is 2.56. The Bertz CT molecular complexity index is 1280. The zero-order chi connectivity index (χ0) is 24.3. The van der Waals surface area contributed by atoms with E-state index in [1.54, 1.807) is 11.8 Å². The molecule has 1 amide bonds. The van der Waals surface area contributed by atoms with Gasteiger partial charge in [-0.2, -0.15) is 5.10 Å². The number of aryl methyl sites for hydroxylation is 1. The second-order valence-electron chi connectivity index (χ2n) is 10.6. The first-order chi connectivity index (χ1) is 17.8. The predicted octanol–water partition coefficient (Wildman–Crippen LogP) is 6.20. The molecule has 0 bridgehead atoms. The molecule has 2 aromatic carbocycles. The van der Waals surface area contributed by atoms with Gasteiger partial charge in [-0.25, -0.2) is 5.43 Å². The second kappa shape index (κ2) is 10.4. The summed E-state index contributed by atoms with van der Waals surface area (Å²) in [7, 11) is 0. The van der Waals surface area contributed by atoms with Crippen molar-refractivity contribution in [3.8, 4) is 0 Å². The fraction of sp³-hybridized carbons (Fsp3) is 0.419. The molecule has 2 heterocycles. The van der Waals surface area contributed by atoms with Gasteiger partial charge in [-0.15, -0.1) is 0 Å². The molecule has 2 aliphatic carbocycles. The van der Waals surface area contributed by atoms with Crippen LogP contribution in [0.3, 0.4) is 0 Å². The third-order valence-electron chi connectivity index (χ3n) is 8.37. The number of aromatic nitrogens is 1. The average Bonchev–Trinajstić information content (AvgIpc) is 3.25. The lowest BCUT2D eigenvalue weighted by Crippen LogP contribution is -2.44. The molecule has 1 aliphatic heterocycles. The van der Waals surface area contributed by atoms with Gasteiger partial charge in [-0.1, -0.05) is 61.7 Å². The predicted molar refractivity (Wildman–Crippen MR) is 147 cm³/mol. The molecule has 1 unspecified atom stereocenters. The average molecular weight is 481 g/mol. The van der Waals surface area contributed by atoms with E-state index in [0.29, 0.717) is 12.6 Å². The first kappa shape index (κ1) is 23.2. The van der Waals surface area contributed by atoms with E-state index in [0.717, 1.165) is 37.4 Å². The molecule has 1 fully saturated rings. The SMILES string of the molecule is O=C(CN1CCn2c3c(c4cc(C5CCCCC5)ccc42)CCCC31)N/N=C/C=C/c1ccccc1. The van der Waals surface area contributed by atoms with Gasteiger partial charge in [0.15, 0.2) is 0 Å². The minimum Gasteiger partial charge on any atom is -0.342 e. The molecule has 1 saturated carbocycles. The van der Waals surface area contributed by atoms with Gasteiger partial charge in [0.25, 0.3) is 5.91 Å². The van der Waals surface area contributed by atoms with Crippen LogP contribution >= 0.6 is 0 Å². The normalized spacial score (nSPS) is 20.8. The van der Waals surface area contributed by atoms with Crippen LogP contribution in [0.4, 0.5) is 0 Å². The van der Waals surface area contributed by atoms with Gasteiger partial charge in [0.2, 0.25) is 0 Å². The Balaban J connectivity index is 1.16. The van der Waals surface area contributed by atoms with E-state index in [1.165, 1.54) is 60.7 Å². The van der Waals surface area contributed by atoms with Crippen molar-refractivity contribution < 1.29 is 4.79 Å². The standard InChI is InChI=1S/C31H36N4O/c36-30(33-32-18-8-11-23-9-3-1-4-10-23)22-34-19-20-35-28-17-16-25(24-12-5-2-6-13-24)21-27(28)26-14-7-15-29(34)31(26)35/h1,3-4,8-11,16-18,21,24,29H,2,5-7,12-15,19-20,22H2,(H,33,36)/b11-8+,32-18+. The van der Waals surface area contributed by atoms with Crippen molar-refractivity contribution in [3.63, 3.8) is 0 Å². The minimum atomic E-state index is -0.0457. The summed E-state index contributed by atoms with van der Waals surface area (Å²) in [6.07, 6.45) is 15.7. The van der Waals surface area contributed by atoms with E-state index in [9.17, 15) is 4.79 Å². The topological polar surface area (TPSA) is 49.6 Å². The zero-order valence-electron chi connectivity index (χ0n) is 21.0. The van der Waals surface area contributed by atoms with Crippen LogP contribution in [-0.2, 0) is 17.8 Å². The monoisotopic (exact) mass is 480 g/mol. The number of amides is 1. The van der Waals surface area contributed by atoms with E-state index in [1.807, 2.05) is 42.5 Å². The molecule has 0 radical (unpaired) electrons. The van der Waals surface area contributed by atoms with Crippen molar-refractivity contribution in [2.45, 2.75) is 69.9 Å². The number of hydrogen-bond acceptors (Lipinski definition) is 3. The quantitative estimate of drug-likeness (QED) is 0.337. The molecule has 0 saturated heterocycles. The van der Waals surface area contributed by atoms with Gasteiger partial charge in [-0.3, -0.25) is 9.69 Å². The molecule has 1 aromatic heterocycles. The second-order valence-corrected chi connectivity index (χ2v) is 10.6. The number of carbonyl (C=O) groups excluding carboxylic acids is 1. The molecule has 5 heteroatoms. The molecule has 1 N–H and O–H groups in total. The van der Waals surface area contributed by atoms with E-state index >= 15 is 0 Å². The highest BCUT2D eigenvalue weighted by molar-refractivity contribution is 5.87. The molecule has 3 aliphatic rings. The summed E-state index contributed by atoms with van der Waals surface area (Å²) in [4.78, 5) is 15.1. The van der Waals surface area contributed by atoms with Gasteiger partial charge in [-0.05, 0) is 72.9 Å². The number of nitrogens with zero attached hydrogens (tertiary/aromatic N) is 3. The van der Waals surface area contributed by atoms with Gasteiger partial charge in [0.05, 0.1) is 12.6 Å². The molecular formula is C31H36N4O. The molecule has 186 valence electrons. The van der Waals surface area contributed by atoms with E-state index in [2.05, 4.69) is 38.2 Å². The molecule has 0 spiro atoms. The van der Waals surface area contributed by atoms with Crippen LogP contribution in [0.5, 0.6) is 0 Å². The summed E-state index contributed by atoms with van der Waals surface area (Å²) in [6, 6.07) is 17.7. The Kier molecular flexibility index (Phi) is 6.73. The smallest absolute Gasteiger partial charge is 0.254 e. The maximum atomic E-state index is 12.7. The highest BCUT2D eigenvalue weighted by Gasteiger charge is 2.35. The number of benzene rings is 2. The number of nitrogens with one attached hydrogen (secondary N) is 1. The number of carbonyl (C=O) groups is 1. The van der Waals surface area contributed by atoms with Crippen LogP contribution in [0.2, 0.25) is 0 Å². The molecular weight excluding hydrogens is 444 g/mol. The van der Waals surface area contributed by atoms with Crippen LogP contribution in [0.1, 0.15) is 79.3 Å². The number of fused-ring (bicyclic) bond motifs is 3. The summed E-state index contributed by atoms with van der Waals surface area (Å²) in [5.74, 6) is 0.686. The highest BCUT2D eigenvalue weighted by atomic mass is 16.2. The number of rotatable bonds is 6. The third-order valence-corrected chi connectivity index (χ3v) is 8.37. The molecule has 3 aromatic rings. The number of hydrazone groups is 1. The van der Waals surface area contributed by atoms with Crippen molar-refractivity contribution in [1.29, 1.82) is 0 Å². The Morgan fingerprint density at radius 3 is 2.72 bits per heavy atom. The highest BCUT2D eigenvalue weighted by Crippen LogP contribution is 2.44. The van der Waals surface area contributed by atoms with E-state index in [-0.39, 0.29) is 5.91 Å². The summed E-state index contributed by atoms with van der Waals surface area (Å²) in [5, 5.41) is 5.60. The third kappa shape index (κ3) is 4.64. The summed E-state index contributed by atoms with van der Waals surface area (Å²) >= 11 is 0. The Hall–Kier alpha value is -3.18. The Labute approximate surface area is 213 Å². The van der Waals surface area contributed by atoms with Crippen molar-refractivity contribution >= 4 is 29.1 Å². The van der Waals surface area contributed by atoms with Crippen LogP contribution < -0.4 is 5.43 Å². The van der Waals surface area contributed by atoms with Gasteiger partial charge in [0.1, 0.15) is 0 Å². The maximum Gasteiger partial charge on any atom is 0.254 e. The van der Waals surface area contributed by atoms with Crippen molar-refractivity contribution in [2.75, 3.05) is 13.1 Å². The lowest BCUT2D eigenvalue weighted by molar-refractivity contribution is -0.123. The molecule has 36 heavy (non-hydrogen) atoms. The molecule has 5 nitrogen and oxygen atoms in total. The van der Waals surface area contributed by atoms with Crippen LogP contribution in [0.15, 0.2) is 59.7 Å². The molecule has 1 atom stereocenters. The summed E-state index contributed by atoms with van der Waals surface area (Å²) in [5.41, 5.74) is 9.76. The first-order valence-corrected chi connectivity index (χ1v) is 13.7. The largest absolute Gasteiger partial charge is 0.342 e. The Morgan fingerprint density at radius 2 is 1.86 bits per heavy atom. The lowest BCUT2D eigenvalue weighted by atomic mass is 9.83. The van der Waals surface area contributed by atoms with Gasteiger partial charge < -0.3 is 4.57 Å². The summed E-state index contributed by atoms with van der Waals surface area (Å²) in [6.45, 7) is 2.23. The minimum absolute atomic E-state index is 0.0457. The van der Waals surface area contributed by atoms with Crippen LogP contribution in [0.25, 0.3) is 17.0 Å².